The molecular formula is C37H37N3O5S. The van der Waals surface area contributed by atoms with E-state index in [0.717, 1.165) is 36.8 Å². The minimum atomic E-state index is -4.39. The summed E-state index contributed by atoms with van der Waals surface area (Å²) in [5, 5.41) is 9.37. The highest BCUT2D eigenvalue weighted by Crippen LogP contribution is 2.28. The molecule has 0 bridgehead atoms. The fraction of sp³-hybridized carbons (Fsp3) is 0.216. The molecule has 0 saturated carbocycles. The lowest BCUT2D eigenvalue weighted by Gasteiger charge is -2.16. The number of carbonyl (C=O) groups is 1. The van der Waals surface area contributed by atoms with Crippen molar-refractivity contribution < 1.29 is 22.5 Å². The lowest BCUT2D eigenvalue weighted by atomic mass is 9.93. The molecule has 1 unspecified atom stereocenters. The Morgan fingerprint density at radius 3 is 1.93 bits per heavy atom. The van der Waals surface area contributed by atoms with Gasteiger partial charge in [-0.05, 0) is 47.7 Å². The van der Waals surface area contributed by atoms with Gasteiger partial charge in [0.2, 0.25) is 0 Å². The van der Waals surface area contributed by atoms with Crippen molar-refractivity contribution in [2.24, 2.45) is 5.92 Å². The number of unbranched alkanes of at least 4 members (excludes halogenated alkanes) is 1. The van der Waals surface area contributed by atoms with Gasteiger partial charge in [0.05, 0.1) is 17.6 Å². The van der Waals surface area contributed by atoms with Gasteiger partial charge in [-0.3, -0.25) is 9.12 Å². The summed E-state index contributed by atoms with van der Waals surface area (Å²) in [6, 6.07) is 37.1. The van der Waals surface area contributed by atoms with Gasteiger partial charge < -0.3 is 4.74 Å². The van der Waals surface area contributed by atoms with Gasteiger partial charge in [-0.1, -0.05) is 124 Å². The maximum absolute atomic E-state index is 12.8. The molecule has 5 aromatic rings. The van der Waals surface area contributed by atoms with E-state index in [1.165, 1.54) is 4.57 Å². The quantitative estimate of drug-likeness (QED) is 0.0674. The monoisotopic (exact) mass is 635 g/mol. The van der Waals surface area contributed by atoms with Crippen LogP contribution in [-0.4, -0.2) is 35.1 Å². The maximum Gasteiger partial charge on any atom is 0.349 e. The number of rotatable bonds is 11. The van der Waals surface area contributed by atoms with E-state index in [0.29, 0.717) is 34.8 Å². The number of nitriles is 1. The largest absolute Gasteiger partial charge is 0.461 e. The van der Waals surface area contributed by atoms with Crippen LogP contribution in [0.15, 0.2) is 126 Å². The Hall–Kier alpha value is -5.04. The van der Waals surface area contributed by atoms with Crippen molar-refractivity contribution in [2.75, 3.05) is 6.61 Å². The molecule has 236 valence electrons. The predicted molar refractivity (Wildman–Crippen MR) is 180 cm³/mol. The summed E-state index contributed by atoms with van der Waals surface area (Å²) in [5.41, 5.74) is 4.10. The van der Waals surface area contributed by atoms with Crippen molar-refractivity contribution in [3.8, 4) is 11.8 Å². The number of nitrogens with zero attached hydrogens (tertiary/aromatic N) is 3. The van der Waals surface area contributed by atoms with Gasteiger partial charge in [0, 0.05) is 11.3 Å². The minimum absolute atomic E-state index is 0.0535. The third kappa shape index (κ3) is 8.57. The Balaban J connectivity index is 0.000000221. The van der Waals surface area contributed by atoms with E-state index >= 15 is 0 Å². The van der Waals surface area contributed by atoms with Crippen molar-refractivity contribution in [1.82, 2.24) is 9.55 Å². The van der Waals surface area contributed by atoms with Crippen LogP contribution in [0, 0.1) is 17.2 Å². The van der Waals surface area contributed by atoms with Crippen molar-refractivity contribution in [1.29, 1.82) is 5.26 Å². The van der Waals surface area contributed by atoms with E-state index < -0.39 is 16.1 Å². The van der Waals surface area contributed by atoms with Crippen molar-refractivity contribution in [3.63, 3.8) is 0 Å². The minimum Gasteiger partial charge on any atom is -0.461 e. The number of esters is 1. The van der Waals surface area contributed by atoms with Gasteiger partial charge in [-0.15, -0.1) is 0 Å². The van der Waals surface area contributed by atoms with Gasteiger partial charge in [0.25, 0.3) is 5.16 Å². The molecule has 5 rings (SSSR count). The van der Waals surface area contributed by atoms with Crippen molar-refractivity contribution in [3.05, 3.63) is 132 Å². The summed E-state index contributed by atoms with van der Waals surface area (Å²) in [6.07, 6.45) is 4.25. The summed E-state index contributed by atoms with van der Waals surface area (Å²) in [7, 11) is -4.39. The maximum atomic E-state index is 12.8. The Labute approximate surface area is 270 Å². The van der Waals surface area contributed by atoms with Crippen molar-refractivity contribution in [2.45, 2.75) is 44.7 Å². The lowest BCUT2D eigenvalue weighted by Crippen LogP contribution is -2.16. The molecule has 0 aliphatic rings. The first-order chi connectivity index (χ1) is 22.3. The first kappa shape index (κ1) is 33.8. The molecule has 0 aliphatic carbocycles. The zero-order valence-electron chi connectivity index (χ0n) is 25.9. The summed E-state index contributed by atoms with van der Waals surface area (Å²) in [4.78, 5) is 16.7. The van der Waals surface area contributed by atoms with Crippen LogP contribution in [0.3, 0.4) is 0 Å². The predicted octanol–water partition coefficient (Wildman–Crippen LogP) is 8.04. The normalized spacial score (nSPS) is 11.5. The number of hydrogen-bond acceptors (Lipinski definition) is 6. The molecule has 46 heavy (non-hydrogen) atoms. The molecule has 0 radical (unpaired) electrons. The number of imidazole rings is 1. The van der Waals surface area contributed by atoms with Gasteiger partial charge in [-0.2, -0.15) is 13.7 Å². The van der Waals surface area contributed by atoms with Crippen LogP contribution in [-0.2, 0) is 19.6 Å². The second-order valence-corrected chi connectivity index (χ2v) is 12.0. The van der Waals surface area contributed by atoms with E-state index in [4.69, 9.17) is 4.74 Å². The first-order valence-electron chi connectivity index (χ1n) is 15.2. The molecule has 4 aromatic carbocycles. The Kier molecular flexibility index (Phi) is 12.0. The smallest absolute Gasteiger partial charge is 0.349 e. The molecule has 0 fully saturated rings. The second-order valence-electron chi connectivity index (χ2n) is 10.6. The summed E-state index contributed by atoms with van der Waals surface area (Å²) in [5.74, 6) is -0.208. The molecule has 1 N–H and O–H groups in total. The number of carbonyl (C=O) groups excluding carboxylic acids is 1. The topological polar surface area (TPSA) is 122 Å². The molecule has 0 amide bonds. The van der Waals surface area contributed by atoms with Gasteiger partial charge >= 0.3 is 16.1 Å². The van der Waals surface area contributed by atoms with Crippen LogP contribution in [0.5, 0.6) is 0 Å². The lowest BCUT2D eigenvalue weighted by molar-refractivity contribution is -0.139. The van der Waals surface area contributed by atoms with Crippen LogP contribution in [0.25, 0.3) is 22.3 Å². The second kappa shape index (κ2) is 16.3. The molecule has 1 atom stereocenters. The fourth-order valence-electron chi connectivity index (χ4n) is 5.04. The third-order valence-electron chi connectivity index (χ3n) is 7.46. The standard InChI is InChI=1S/C24H27NO2.C13H10N2O3S/c1-3-5-12-19(4-2)18-27-24(26)22(17-25)23(20-13-8-6-9-14-20)21-15-10-7-11-16-21;16-19(17,18)13-14-11-8-4-5-9-12(11)15(13)10-6-2-1-3-7-10/h6-11,13-16,19H,3-5,12,18H2,1-2H3;1-9H,(H,16,17,18). The van der Waals surface area contributed by atoms with Crippen LogP contribution >= 0.6 is 0 Å². The number of benzene rings is 4. The first-order valence-corrected chi connectivity index (χ1v) is 16.6. The molecule has 0 saturated heterocycles. The van der Waals surface area contributed by atoms with Crippen molar-refractivity contribution >= 4 is 32.7 Å². The zero-order valence-corrected chi connectivity index (χ0v) is 26.7. The van der Waals surface area contributed by atoms with Crippen LogP contribution in [0.2, 0.25) is 0 Å². The molecule has 1 heterocycles. The molecular weight excluding hydrogens is 598 g/mol. The highest BCUT2D eigenvalue weighted by molar-refractivity contribution is 7.85. The summed E-state index contributed by atoms with van der Waals surface area (Å²) < 4.78 is 39.2. The van der Waals surface area contributed by atoms with E-state index in [-0.39, 0.29) is 10.7 Å². The number of hydrogen-bond donors (Lipinski definition) is 1. The average molecular weight is 636 g/mol. The van der Waals surface area contributed by atoms with Gasteiger partial charge in [0.1, 0.15) is 11.6 Å². The summed E-state index contributed by atoms with van der Waals surface area (Å²) in [6.45, 7) is 4.62. The highest BCUT2D eigenvalue weighted by atomic mass is 32.2. The molecule has 8 nitrogen and oxygen atoms in total. The van der Waals surface area contributed by atoms with E-state index in [9.17, 15) is 23.0 Å². The highest BCUT2D eigenvalue weighted by Gasteiger charge is 2.23. The molecule has 0 spiro atoms. The zero-order chi connectivity index (χ0) is 32.9. The molecule has 0 aliphatic heterocycles. The molecule has 1 aromatic heterocycles. The van der Waals surface area contributed by atoms with E-state index in [1.807, 2.05) is 66.7 Å². The summed E-state index contributed by atoms with van der Waals surface area (Å²) >= 11 is 0. The number of fused-ring (bicyclic) bond motifs is 1. The van der Waals surface area contributed by atoms with Crippen LogP contribution in [0.4, 0.5) is 0 Å². The number of ether oxygens (including phenoxy) is 1. The van der Waals surface area contributed by atoms with Crippen LogP contribution < -0.4 is 0 Å². The van der Waals surface area contributed by atoms with Crippen LogP contribution in [0.1, 0.15) is 50.7 Å². The van der Waals surface area contributed by atoms with Gasteiger partial charge in [-0.25, -0.2) is 9.78 Å². The van der Waals surface area contributed by atoms with Gasteiger partial charge in [0.15, 0.2) is 0 Å². The average Bonchev–Trinajstić information content (AvgIpc) is 3.49. The number of aromatic nitrogens is 2. The SMILES string of the molecule is CCCCC(CC)COC(=O)C(C#N)=C(c1ccccc1)c1ccccc1.O=S(=O)(O)c1nc2ccccc2n1-c1ccccc1. The Morgan fingerprint density at radius 2 is 1.41 bits per heavy atom. The third-order valence-corrected chi connectivity index (χ3v) is 8.19. The Morgan fingerprint density at radius 1 is 0.870 bits per heavy atom. The molecule has 9 heteroatoms. The number of para-hydroxylation sites is 3. The Bertz CT molecular complexity index is 1870. The van der Waals surface area contributed by atoms with E-state index in [1.54, 1.807) is 48.5 Å². The fourth-order valence-corrected chi connectivity index (χ4v) is 5.68. The van der Waals surface area contributed by atoms with E-state index in [2.05, 4.69) is 24.9 Å².